The minimum atomic E-state index is -1.29. The molecule has 1 heterocycles. The van der Waals surface area contributed by atoms with E-state index in [-0.39, 0.29) is 22.0 Å². The van der Waals surface area contributed by atoms with Gasteiger partial charge in [-0.25, -0.2) is 14.2 Å². The highest BCUT2D eigenvalue weighted by Crippen LogP contribution is 2.24. The Hall–Kier alpha value is -4.12. The van der Waals surface area contributed by atoms with Crippen molar-refractivity contribution in [3.63, 3.8) is 0 Å². The predicted octanol–water partition coefficient (Wildman–Crippen LogP) is 3.36. The van der Waals surface area contributed by atoms with E-state index in [1.165, 1.54) is 16.7 Å². The average molecular weight is 599 g/mol. The molecule has 0 spiro atoms. The van der Waals surface area contributed by atoms with E-state index >= 15 is 0 Å². The molecule has 0 fully saturated rings. The van der Waals surface area contributed by atoms with E-state index in [2.05, 4.69) is 5.32 Å². The van der Waals surface area contributed by atoms with Crippen molar-refractivity contribution in [1.82, 2.24) is 19.4 Å². The van der Waals surface area contributed by atoms with Crippen molar-refractivity contribution < 1.29 is 19.4 Å². The minimum Gasteiger partial charge on any atom is -0.492 e. The van der Waals surface area contributed by atoms with Crippen LogP contribution in [0.5, 0.6) is 5.75 Å². The molecule has 10 nitrogen and oxygen atoms in total. The van der Waals surface area contributed by atoms with Gasteiger partial charge in [0.25, 0.3) is 11.5 Å². The summed E-state index contributed by atoms with van der Waals surface area (Å²) in [5, 5.41) is 12.7. The molecular formula is C29H28Cl2N4O6. The third-order valence-corrected chi connectivity index (χ3v) is 7.11. The maximum absolute atomic E-state index is 13.4. The number of aromatic nitrogens is 2. The molecule has 0 aliphatic rings. The molecular weight excluding hydrogens is 571 g/mol. The summed E-state index contributed by atoms with van der Waals surface area (Å²) in [6.07, 6.45) is -0.0678. The second-order valence-electron chi connectivity index (χ2n) is 9.64. The minimum absolute atomic E-state index is 0.0183. The summed E-state index contributed by atoms with van der Waals surface area (Å²) < 4.78 is 8.19. The summed E-state index contributed by atoms with van der Waals surface area (Å²) in [5.74, 6) is -1.47. The Bertz CT molecular complexity index is 1710. The quantitative estimate of drug-likeness (QED) is 0.287. The largest absolute Gasteiger partial charge is 0.492 e. The Labute approximate surface area is 245 Å². The number of amides is 1. The second-order valence-corrected chi connectivity index (χ2v) is 10.5. The number of carboxylic acid groups (broad SMARTS) is 1. The smallest absolute Gasteiger partial charge is 0.335 e. The molecule has 12 heteroatoms. The van der Waals surface area contributed by atoms with Crippen molar-refractivity contribution in [2.45, 2.75) is 12.5 Å². The van der Waals surface area contributed by atoms with Crippen LogP contribution in [0.25, 0.3) is 16.6 Å². The number of aryl methyl sites for hydroxylation is 1. The van der Waals surface area contributed by atoms with Crippen LogP contribution >= 0.6 is 23.2 Å². The highest BCUT2D eigenvalue weighted by Gasteiger charge is 2.24. The number of carbonyl (C=O) groups excluding carboxylic acids is 1. The first kappa shape index (κ1) is 29.9. The van der Waals surface area contributed by atoms with Gasteiger partial charge < -0.3 is 20.1 Å². The van der Waals surface area contributed by atoms with Gasteiger partial charge in [-0.1, -0.05) is 41.4 Å². The van der Waals surface area contributed by atoms with Crippen molar-refractivity contribution in [2.75, 3.05) is 27.2 Å². The lowest BCUT2D eigenvalue weighted by Gasteiger charge is -2.16. The Morgan fingerprint density at radius 1 is 1.02 bits per heavy atom. The summed E-state index contributed by atoms with van der Waals surface area (Å²) in [5.41, 5.74) is 0.250. The zero-order valence-electron chi connectivity index (χ0n) is 22.6. The Kier molecular flexibility index (Phi) is 9.17. The number of hydrogen-bond donors (Lipinski definition) is 2. The van der Waals surface area contributed by atoms with E-state index in [4.69, 9.17) is 27.9 Å². The molecule has 41 heavy (non-hydrogen) atoms. The van der Waals surface area contributed by atoms with Crippen molar-refractivity contribution in [1.29, 1.82) is 0 Å². The Morgan fingerprint density at radius 3 is 2.29 bits per heavy atom. The van der Waals surface area contributed by atoms with Crippen LogP contribution in [0.2, 0.25) is 10.0 Å². The zero-order valence-corrected chi connectivity index (χ0v) is 24.1. The summed E-state index contributed by atoms with van der Waals surface area (Å²) in [6, 6.07) is 14.5. The summed E-state index contributed by atoms with van der Waals surface area (Å²) in [7, 11) is 5.43. The normalized spacial score (nSPS) is 12.0. The number of aliphatic carboxylic acids is 1. The molecule has 1 aromatic heterocycles. The van der Waals surface area contributed by atoms with Crippen LogP contribution in [-0.4, -0.2) is 64.3 Å². The average Bonchev–Trinajstić information content (AvgIpc) is 2.92. The lowest BCUT2D eigenvalue weighted by Crippen LogP contribution is -2.42. The van der Waals surface area contributed by atoms with Crippen LogP contribution in [0.4, 0.5) is 0 Å². The maximum Gasteiger partial charge on any atom is 0.335 e. The van der Waals surface area contributed by atoms with Gasteiger partial charge in [-0.3, -0.25) is 14.2 Å². The second kappa shape index (κ2) is 12.6. The monoisotopic (exact) mass is 598 g/mol. The number of fused-ring (bicyclic) bond motifs is 1. The fraction of sp³-hybridized carbons (Fsp3) is 0.241. The number of carboxylic acids is 1. The molecule has 1 amide bonds. The predicted molar refractivity (Wildman–Crippen MR) is 158 cm³/mol. The summed E-state index contributed by atoms with van der Waals surface area (Å²) in [6.45, 7) is 1.13. The number of ether oxygens (including phenoxy) is 1. The van der Waals surface area contributed by atoms with Gasteiger partial charge in [-0.05, 0) is 62.1 Å². The van der Waals surface area contributed by atoms with Gasteiger partial charge in [-0.2, -0.15) is 0 Å². The highest BCUT2D eigenvalue weighted by molar-refractivity contribution is 6.39. The number of halogens is 2. The van der Waals surface area contributed by atoms with Crippen molar-refractivity contribution >= 4 is 46.0 Å². The molecule has 2 N–H and O–H groups in total. The number of carbonyl (C=O) groups is 2. The fourth-order valence-corrected chi connectivity index (χ4v) is 4.83. The maximum atomic E-state index is 13.4. The molecule has 4 aromatic rings. The first-order valence-electron chi connectivity index (χ1n) is 12.6. The van der Waals surface area contributed by atoms with Crippen LogP contribution in [0.1, 0.15) is 15.9 Å². The lowest BCUT2D eigenvalue weighted by atomic mass is 10.0. The van der Waals surface area contributed by atoms with Crippen molar-refractivity contribution in [3.05, 3.63) is 103 Å². The highest BCUT2D eigenvalue weighted by atomic mass is 35.5. The third-order valence-electron chi connectivity index (χ3n) is 6.48. The van der Waals surface area contributed by atoms with Crippen LogP contribution in [0.15, 0.2) is 70.3 Å². The topological polar surface area (TPSA) is 123 Å². The number of nitrogens with one attached hydrogen (secondary N) is 1. The first-order valence-corrected chi connectivity index (χ1v) is 13.3. The van der Waals surface area contributed by atoms with E-state index in [1.54, 1.807) is 55.6 Å². The molecule has 0 saturated carbocycles. The lowest BCUT2D eigenvalue weighted by molar-refractivity contribution is -0.139. The molecule has 214 valence electrons. The molecule has 4 rings (SSSR count). The molecule has 1 atom stereocenters. The van der Waals surface area contributed by atoms with Crippen molar-refractivity contribution in [2.24, 2.45) is 7.05 Å². The van der Waals surface area contributed by atoms with Crippen LogP contribution in [0.3, 0.4) is 0 Å². The summed E-state index contributed by atoms with van der Waals surface area (Å²) >= 11 is 12.2. The summed E-state index contributed by atoms with van der Waals surface area (Å²) in [4.78, 5) is 53.2. The standard InChI is InChI=1S/C29H28Cl2N4O6/c1-33(2)13-14-41-19-11-12-24-20(16-19)27(37)35(29(40)34(24)3)18-9-7-17(8-10-18)15-23(28(38)39)32-26(36)25-21(30)5-4-6-22(25)31/h4-12,16,23H,13-15H2,1-3H3,(H,32,36)(H,38,39)/t23-/m0/s1. The SMILES string of the molecule is CN(C)CCOc1ccc2c(c1)c(=O)n(-c1ccc(C[C@H](NC(=O)c3c(Cl)cccc3Cl)C(=O)O)cc1)c(=O)n2C. The number of nitrogens with zero attached hydrogens (tertiary/aromatic N) is 3. The molecule has 3 aromatic carbocycles. The molecule has 0 bridgehead atoms. The van der Waals surface area contributed by atoms with Crippen molar-refractivity contribution in [3.8, 4) is 11.4 Å². The number of likely N-dealkylation sites (N-methyl/N-ethyl adjacent to an activating group) is 1. The Balaban J connectivity index is 1.60. The van der Waals surface area contributed by atoms with Crippen LogP contribution in [-0.2, 0) is 18.3 Å². The first-order chi connectivity index (χ1) is 19.5. The van der Waals surface area contributed by atoms with E-state index in [0.717, 1.165) is 4.57 Å². The Morgan fingerprint density at radius 2 is 1.68 bits per heavy atom. The molecule has 0 unspecified atom stereocenters. The van der Waals surface area contributed by atoms with Gasteiger partial charge in [0.15, 0.2) is 0 Å². The molecule has 0 radical (unpaired) electrons. The van der Waals surface area contributed by atoms with E-state index in [1.807, 2.05) is 19.0 Å². The van der Waals surface area contributed by atoms with Gasteiger partial charge in [0, 0.05) is 20.0 Å². The van der Waals surface area contributed by atoms with Crippen LogP contribution in [0, 0.1) is 0 Å². The van der Waals surface area contributed by atoms with Gasteiger partial charge in [-0.15, -0.1) is 0 Å². The third kappa shape index (κ3) is 6.62. The van der Waals surface area contributed by atoms with Gasteiger partial charge in [0.1, 0.15) is 18.4 Å². The molecule has 0 aliphatic heterocycles. The number of rotatable bonds is 10. The van der Waals surface area contributed by atoms with Gasteiger partial charge >= 0.3 is 11.7 Å². The molecule has 0 saturated heterocycles. The van der Waals surface area contributed by atoms with E-state index < -0.39 is 29.2 Å². The van der Waals surface area contributed by atoms with Gasteiger partial charge in [0.2, 0.25) is 0 Å². The van der Waals surface area contributed by atoms with Gasteiger partial charge in [0.05, 0.1) is 32.2 Å². The fourth-order valence-electron chi connectivity index (χ4n) is 4.26. The number of hydrogen-bond acceptors (Lipinski definition) is 6. The van der Waals surface area contributed by atoms with Crippen LogP contribution < -0.4 is 21.3 Å². The number of benzene rings is 3. The van der Waals surface area contributed by atoms with E-state index in [0.29, 0.717) is 41.1 Å². The molecule has 0 aliphatic carbocycles. The zero-order chi connectivity index (χ0) is 29.8. The van der Waals surface area contributed by atoms with E-state index in [9.17, 15) is 24.3 Å².